The van der Waals surface area contributed by atoms with E-state index in [-0.39, 0.29) is 5.91 Å². The predicted octanol–water partition coefficient (Wildman–Crippen LogP) is 5.07. The molecule has 1 amide bonds. The Bertz CT molecular complexity index is 1030. The molecule has 0 unspecified atom stereocenters. The summed E-state index contributed by atoms with van der Waals surface area (Å²) in [6.45, 7) is 0. The maximum absolute atomic E-state index is 13.1. The fourth-order valence-corrected chi connectivity index (χ4v) is 3.31. The average Bonchev–Trinajstić information content (AvgIpc) is 3.05. The van der Waals surface area contributed by atoms with Crippen LogP contribution in [0.3, 0.4) is 0 Å². The summed E-state index contributed by atoms with van der Waals surface area (Å²) in [6, 6.07) is 27.4. The van der Waals surface area contributed by atoms with Crippen LogP contribution in [0.5, 0.6) is 0 Å². The number of carbonyl (C=O) groups is 1. The van der Waals surface area contributed by atoms with Crippen molar-refractivity contribution in [1.29, 1.82) is 0 Å². The minimum atomic E-state index is -0.184. The average molecular weight is 385 g/mol. The Balaban J connectivity index is 1.70. The number of thioether (sulfide) groups is 1. The van der Waals surface area contributed by atoms with Crippen molar-refractivity contribution in [2.45, 2.75) is 4.90 Å². The normalized spacial score (nSPS) is 15.0. The zero-order chi connectivity index (χ0) is 19.3. The number of aliphatic imine (C=N–C) groups is 1. The van der Waals surface area contributed by atoms with Gasteiger partial charge in [0.2, 0.25) is 0 Å². The number of rotatable bonds is 5. The minimum absolute atomic E-state index is 0.184. The van der Waals surface area contributed by atoms with Gasteiger partial charge in [-0.05, 0) is 42.2 Å². The summed E-state index contributed by atoms with van der Waals surface area (Å²) in [4.78, 5) is 18.9. The molecule has 3 aromatic rings. The van der Waals surface area contributed by atoms with Gasteiger partial charge in [0, 0.05) is 10.5 Å². The van der Waals surface area contributed by atoms with Crippen LogP contribution >= 0.6 is 11.8 Å². The van der Waals surface area contributed by atoms with Gasteiger partial charge in [-0.15, -0.1) is 11.8 Å². The molecular formula is C23H19N3OS. The van der Waals surface area contributed by atoms with Crippen molar-refractivity contribution in [3.63, 3.8) is 0 Å². The molecule has 0 aromatic heterocycles. The van der Waals surface area contributed by atoms with Crippen LogP contribution in [0.4, 0.5) is 5.69 Å². The van der Waals surface area contributed by atoms with E-state index in [2.05, 4.69) is 10.4 Å². The summed E-state index contributed by atoms with van der Waals surface area (Å²) in [5, 5.41) is 1.51. The standard InChI is InChI=1S/C23H19N3OS/c1-28-20-14-12-17(13-15-20)16-21-23(27)26(25-19-10-6-3-7-11-19)22(24-21)18-8-4-2-5-9-18/h2-16,25H,1H3/b21-16+. The molecule has 0 bridgehead atoms. The lowest BCUT2D eigenvalue weighted by Gasteiger charge is -2.20. The van der Waals surface area contributed by atoms with E-state index in [0.29, 0.717) is 11.5 Å². The highest BCUT2D eigenvalue weighted by Crippen LogP contribution is 2.24. The van der Waals surface area contributed by atoms with Crippen molar-refractivity contribution >= 4 is 35.3 Å². The van der Waals surface area contributed by atoms with E-state index in [1.165, 1.54) is 9.90 Å². The number of carbonyl (C=O) groups excluding carboxylic acids is 1. The minimum Gasteiger partial charge on any atom is -0.290 e. The van der Waals surface area contributed by atoms with Gasteiger partial charge in [-0.3, -0.25) is 10.2 Å². The van der Waals surface area contributed by atoms with Gasteiger partial charge in [0.25, 0.3) is 5.91 Å². The first-order chi connectivity index (χ1) is 13.7. The van der Waals surface area contributed by atoms with Crippen molar-refractivity contribution in [2.24, 2.45) is 4.99 Å². The fraction of sp³-hybridized carbons (Fsp3) is 0.0435. The number of nitrogens with one attached hydrogen (secondary N) is 1. The highest BCUT2D eigenvalue weighted by atomic mass is 32.2. The molecule has 1 N–H and O–H groups in total. The molecule has 5 heteroatoms. The zero-order valence-corrected chi connectivity index (χ0v) is 16.2. The number of anilines is 1. The van der Waals surface area contributed by atoms with Gasteiger partial charge in [-0.25, -0.2) is 4.99 Å². The number of para-hydroxylation sites is 1. The van der Waals surface area contributed by atoms with E-state index in [0.717, 1.165) is 16.8 Å². The summed E-state index contributed by atoms with van der Waals surface area (Å²) < 4.78 is 0. The summed E-state index contributed by atoms with van der Waals surface area (Å²) >= 11 is 1.69. The smallest absolute Gasteiger partial charge is 0.290 e. The van der Waals surface area contributed by atoms with E-state index in [9.17, 15) is 4.79 Å². The maximum Gasteiger partial charge on any atom is 0.297 e. The molecule has 1 aliphatic heterocycles. The molecular weight excluding hydrogens is 366 g/mol. The molecule has 138 valence electrons. The SMILES string of the molecule is CSc1ccc(/C=C2/N=C(c3ccccc3)N(Nc3ccccc3)C2=O)cc1. The molecule has 0 fully saturated rings. The number of amidine groups is 1. The number of amides is 1. The van der Waals surface area contributed by atoms with Gasteiger partial charge in [0.05, 0.1) is 5.69 Å². The molecule has 4 nitrogen and oxygen atoms in total. The van der Waals surface area contributed by atoms with E-state index >= 15 is 0 Å². The van der Waals surface area contributed by atoms with Crippen molar-refractivity contribution < 1.29 is 4.79 Å². The highest BCUT2D eigenvalue weighted by molar-refractivity contribution is 7.98. The zero-order valence-electron chi connectivity index (χ0n) is 15.4. The third-order valence-corrected chi connectivity index (χ3v) is 5.07. The molecule has 0 saturated heterocycles. The Morgan fingerprint density at radius 3 is 2.18 bits per heavy atom. The Morgan fingerprint density at radius 2 is 1.54 bits per heavy atom. The Hall–Kier alpha value is -3.31. The fourth-order valence-electron chi connectivity index (χ4n) is 2.90. The second-order valence-electron chi connectivity index (χ2n) is 6.22. The lowest BCUT2D eigenvalue weighted by molar-refractivity contribution is -0.121. The molecule has 0 atom stereocenters. The van der Waals surface area contributed by atoms with E-state index < -0.39 is 0 Å². The van der Waals surface area contributed by atoms with Crippen molar-refractivity contribution in [2.75, 3.05) is 11.7 Å². The van der Waals surface area contributed by atoms with Crippen molar-refractivity contribution in [3.05, 3.63) is 102 Å². The maximum atomic E-state index is 13.1. The third kappa shape index (κ3) is 3.85. The quantitative estimate of drug-likeness (QED) is 0.493. The highest BCUT2D eigenvalue weighted by Gasteiger charge is 2.31. The van der Waals surface area contributed by atoms with E-state index in [4.69, 9.17) is 0 Å². The van der Waals surface area contributed by atoms with Crippen LogP contribution in [0.1, 0.15) is 11.1 Å². The van der Waals surface area contributed by atoms with Gasteiger partial charge in [-0.2, -0.15) is 5.01 Å². The first-order valence-electron chi connectivity index (χ1n) is 8.90. The number of hydrogen-bond acceptors (Lipinski definition) is 4. The summed E-state index contributed by atoms with van der Waals surface area (Å²) in [5.74, 6) is 0.401. The second kappa shape index (κ2) is 8.15. The van der Waals surface area contributed by atoms with Gasteiger partial charge in [0.15, 0.2) is 5.84 Å². The topological polar surface area (TPSA) is 44.7 Å². The van der Waals surface area contributed by atoms with Crippen LogP contribution in [-0.4, -0.2) is 23.0 Å². The molecule has 1 heterocycles. The first-order valence-corrected chi connectivity index (χ1v) is 10.1. The number of hydrogen-bond donors (Lipinski definition) is 1. The number of nitrogens with zero attached hydrogens (tertiary/aromatic N) is 2. The number of hydrazine groups is 1. The van der Waals surface area contributed by atoms with E-state index in [1.807, 2.05) is 97.3 Å². The molecule has 3 aromatic carbocycles. The molecule has 0 radical (unpaired) electrons. The lowest BCUT2D eigenvalue weighted by Crippen LogP contribution is -2.37. The van der Waals surface area contributed by atoms with Gasteiger partial charge in [-0.1, -0.05) is 60.7 Å². The largest absolute Gasteiger partial charge is 0.297 e. The van der Waals surface area contributed by atoms with Crippen LogP contribution < -0.4 is 5.43 Å². The molecule has 0 saturated carbocycles. The summed E-state index contributed by atoms with van der Waals surface area (Å²) in [7, 11) is 0. The third-order valence-electron chi connectivity index (χ3n) is 4.33. The van der Waals surface area contributed by atoms with Crippen LogP contribution in [0.2, 0.25) is 0 Å². The molecule has 1 aliphatic rings. The van der Waals surface area contributed by atoms with Gasteiger partial charge in [0.1, 0.15) is 5.70 Å². The lowest BCUT2D eigenvalue weighted by atomic mass is 10.2. The summed E-state index contributed by atoms with van der Waals surface area (Å²) in [5.41, 5.74) is 6.23. The monoisotopic (exact) mass is 385 g/mol. The molecule has 28 heavy (non-hydrogen) atoms. The Morgan fingerprint density at radius 1 is 0.893 bits per heavy atom. The van der Waals surface area contributed by atoms with Crippen molar-refractivity contribution in [1.82, 2.24) is 5.01 Å². The Kier molecular flexibility index (Phi) is 5.26. The Labute approximate surface area is 168 Å². The van der Waals surface area contributed by atoms with Crippen LogP contribution in [0, 0.1) is 0 Å². The van der Waals surface area contributed by atoms with Crippen LogP contribution in [0.25, 0.3) is 6.08 Å². The van der Waals surface area contributed by atoms with Gasteiger partial charge < -0.3 is 0 Å². The number of benzene rings is 3. The first kappa shape index (κ1) is 18.1. The molecule has 0 aliphatic carbocycles. The van der Waals surface area contributed by atoms with E-state index in [1.54, 1.807) is 11.8 Å². The molecule has 4 rings (SSSR count). The van der Waals surface area contributed by atoms with Crippen molar-refractivity contribution in [3.8, 4) is 0 Å². The molecule has 0 spiro atoms. The summed E-state index contributed by atoms with van der Waals surface area (Å²) in [6.07, 6.45) is 3.86. The van der Waals surface area contributed by atoms with Gasteiger partial charge >= 0.3 is 0 Å². The second-order valence-corrected chi connectivity index (χ2v) is 7.10. The van der Waals surface area contributed by atoms with Crippen LogP contribution in [0.15, 0.2) is 101 Å². The predicted molar refractivity (Wildman–Crippen MR) is 116 cm³/mol. The van der Waals surface area contributed by atoms with Crippen LogP contribution in [-0.2, 0) is 4.79 Å².